The standard InChI is InChI=1S/C17H30N4O7S2/c1-29-7-5-11(16(26)21-12(17(27)28)6-8-30-2)20-13(22)9-19-15(25)10(18)3-4-14(23)24/h10-12H,3-9,18H2,1-2H3,(H,19,25)(H,20,22)(H,21,26)(H,23,24)(H,27,28). The largest absolute Gasteiger partial charge is 0.481 e. The van der Waals surface area contributed by atoms with Crippen LogP contribution < -0.4 is 21.7 Å². The van der Waals surface area contributed by atoms with Crippen molar-refractivity contribution in [2.45, 2.75) is 43.8 Å². The Bertz CT molecular complexity index is 607. The van der Waals surface area contributed by atoms with Crippen LogP contribution in [0.25, 0.3) is 0 Å². The molecule has 11 nitrogen and oxygen atoms in total. The van der Waals surface area contributed by atoms with Gasteiger partial charge in [0.25, 0.3) is 0 Å². The average Bonchev–Trinajstić information content (AvgIpc) is 2.69. The van der Waals surface area contributed by atoms with E-state index < -0.39 is 54.3 Å². The summed E-state index contributed by atoms with van der Waals surface area (Å²) in [5, 5.41) is 25.1. The van der Waals surface area contributed by atoms with Crippen molar-refractivity contribution < 1.29 is 34.2 Å². The molecule has 0 saturated carbocycles. The Balaban J connectivity index is 4.76. The number of nitrogens with one attached hydrogen (secondary N) is 3. The Morgan fingerprint density at radius 2 is 1.43 bits per heavy atom. The zero-order valence-electron chi connectivity index (χ0n) is 17.0. The summed E-state index contributed by atoms with van der Waals surface area (Å²) >= 11 is 2.91. The van der Waals surface area contributed by atoms with E-state index in [0.717, 1.165) is 0 Å². The summed E-state index contributed by atoms with van der Waals surface area (Å²) in [6, 6.07) is -3.10. The van der Waals surface area contributed by atoms with E-state index in [1.807, 2.05) is 12.5 Å². The molecule has 0 rings (SSSR count). The summed E-state index contributed by atoms with van der Waals surface area (Å²) < 4.78 is 0. The van der Waals surface area contributed by atoms with Crippen molar-refractivity contribution in [1.29, 1.82) is 0 Å². The van der Waals surface area contributed by atoms with Gasteiger partial charge in [0.1, 0.15) is 12.1 Å². The minimum absolute atomic E-state index is 0.0752. The first-order chi connectivity index (χ1) is 14.1. The Morgan fingerprint density at radius 1 is 0.867 bits per heavy atom. The second kappa shape index (κ2) is 15.8. The number of amides is 3. The molecule has 0 radical (unpaired) electrons. The van der Waals surface area contributed by atoms with Gasteiger partial charge in [-0.05, 0) is 43.3 Å². The van der Waals surface area contributed by atoms with E-state index in [1.54, 1.807) is 0 Å². The molecule has 3 atom stereocenters. The zero-order chi connectivity index (χ0) is 23.1. The predicted molar refractivity (Wildman–Crippen MR) is 115 cm³/mol. The van der Waals surface area contributed by atoms with Gasteiger partial charge in [0.05, 0.1) is 12.6 Å². The van der Waals surface area contributed by atoms with Crippen LogP contribution >= 0.6 is 23.5 Å². The lowest BCUT2D eigenvalue weighted by Gasteiger charge is -2.21. The SMILES string of the molecule is CSCCC(NC(=O)C(CCSC)NC(=O)CNC(=O)C(N)CCC(=O)O)C(=O)O. The molecule has 0 aromatic carbocycles. The molecule has 7 N–H and O–H groups in total. The van der Waals surface area contributed by atoms with Gasteiger partial charge in [0.2, 0.25) is 17.7 Å². The van der Waals surface area contributed by atoms with E-state index in [-0.39, 0.29) is 25.7 Å². The minimum atomic E-state index is -1.16. The number of carbonyl (C=O) groups is 5. The highest BCUT2D eigenvalue weighted by Gasteiger charge is 2.26. The number of hydrogen-bond donors (Lipinski definition) is 6. The minimum Gasteiger partial charge on any atom is -0.481 e. The molecule has 0 aromatic heterocycles. The summed E-state index contributed by atoms with van der Waals surface area (Å²) in [4.78, 5) is 58.3. The molecule has 0 spiro atoms. The maximum Gasteiger partial charge on any atom is 0.326 e. The highest BCUT2D eigenvalue weighted by atomic mass is 32.2. The quantitative estimate of drug-likeness (QED) is 0.162. The summed E-state index contributed by atoms with van der Waals surface area (Å²) in [6.07, 6.45) is 3.82. The van der Waals surface area contributed by atoms with Crippen LogP contribution in [0.15, 0.2) is 0 Å². The first-order valence-electron chi connectivity index (χ1n) is 9.17. The molecule has 3 amide bonds. The third kappa shape index (κ3) is 12.5. The summed E-state index contributed by atoms with van der Waals surface area (Å²) in [6.45, 7) is -0.447. The maximum atomic E-state index is 12.5. The number of thioether (sulfide) groups is 2. The number of carboxylic acid groups (broad SMARTS) is 2. The molecule has 0 aliphatic carbocycles. The zero-order valence-corrected chi connectivity index (χ0v) is 18.6. The van der Waals surface area contributed by atoms with Gasteiger partial charge in [-0.1, -0.05) is 0 Å². The van der Waals surface area contributed by atoms with Gasteiger partial charge in [0, 0.05) is 6.42 Å². The van der Waals surface area contributed by atoms with E-state index in [9.17, 15) is 29.1 Å². The molecule has 0 bridgehead atoms. The Morgan fingerprint density at radius 3 is 1.93 bits per heavy atom. The van der Waals surface area contributed by atoms with E-state index >= 15 is 0 Å². The van der Waals surface area contributed by atoms with Crippen LogP contribution in [0.2, 0.25) is 0 Å². The summed E-state index contributed by atoms with van der Waals surface area (Å²) in [5.74, 6) is -3.09. The fourth-order valence-corrected chi connectivity index (χ4v) is 3.17. The van der Waals surface area contributed by atoms with Crippen molar-refractivity contribution in [1.82, 2.24) is 16.0 Å². The molecular weight excluding hydrogens is 436 g/mol. The molecule has 0 heterocycles. The molecule has 0 aromatic rings. The number of rotatable bonds is 16. The Hall–Kier alpha value is -1.99. The van der Waals surface area contributed by atoms with E-state index in [1.165, 1.54) is 23.5 Å². The lowest BCUT2D eigenvalue weighted by Crippen LogP contribution is -2.54. The van der Waals surface area contributed by atoms with Crippen molar-refractivity contribution in [2.75, 3.05) is 30.6 Å². The number of hydrogen-bond acceptors (Lipinski definition) is 8. The van der Waals surface area contributed by atoms with Gasteiger partial charge in [-0.3, -0.25) is 19.2 Å². The third-order valence-corrected chi connectivity index (χ3v) is 5.20. The topological polar surface area (TPSA) is 188 Å². The molecule has 30 heavy (non-hydrogen) atoms. The van der Waals surface area contributed by atoms with Crippen LogP contribution in [0.4, 0.5) is 0 Å². The number of aliphatic carboxylic acids is 2. The van der Waals surface area contributed by atoms with Crippen LogP contribution in [0.1, 0.15) is 25.7 Å². The van der Waals surface area contributed by atoms with Crippen molar-refractivity contribution in [2.24, 2.45) is 5.73 Å². The van der Waals surface area contributed by atoms with Crippen molar-refractivity contribution in [3.8, 4) is 0 Å². The van der Waals surface area contributed by atoms with E-state index in [2.05, 4.69) is 16.0 Å². The first kappa shape index (κ1) is 28.0. The Labute approximate surface area is 183 Å². The molecule has 0 aliphatic heterocycles. The molecular formula is C17H30N4O7S2. The molecule has 172 valence electrons. The van der Waals surface area contributed by atoms with Crippen LogP contribution in [0.5, 0.6) is 0 Å². The van der Waals surface area contributed by atoms with E-state index in [4.69, 9.17) is 10.8 Å². The number of carbonyl (C=O) groups excluding carboxylic acids is 3. The highest BCUT2D eigenvalue weighted by molar-refractivity contribution is 7.98. The lowest BCUT2D eigenvalue weighted by molar-refractivity contribution is -0.142. The third-order valence-electron chi connectivity index (χ3n) is 3.92. The maximum absolute atomic E-state index is 12.5. The molecule has 0 saturated heterocycles. The fraction of sp³-hybridized carbons (Fsp3) is 0.706. The van der Waals surface area contributed by atoms with Crippen molar-refractivity contribution in [3.05, 3.63) is 0 Å². The van der Waals surface area contributed by atoms with Crippen molar-refractivity contribution >= 4 is 53.2 Å². The average molecular weight is 467 g/mol. The highest BCUT2D eigenvalue weighted by Crippen LogP contribution is 2.05. The van der Waals surface area contributed by atoms with Gasteiger partial charge in [-0.2, -0.15) is 23.5 Å². The molecule has 0 fully saturated rings. The second-order valence-electron chi connectivity index (χ2n) is 6.34. The summed E-state index contributed by atoms with van der Waals surface area (Å²) in [7, 11) is 0. The normalized spacial score (nSPS) is 13.6. The first-order valence-corrected chi connectivity index (χ1v) is 12.0. The number of carboxylic acids is 2. The van der Waals surface area contributed by atoms with Gasteiger partial charge in [0.15, 0.2) is 0 Å². The van der Waals surface area contributed by atoms with Gasteiger partial charge >= 0.3 is 11.9 Å². The van der Waals surface area contributed by atoms with Gasteiger partial charge in [-0.25, -0.2) is 4.79 Å². The molecule has 0 aliphatic rings. The van der Waals surface area contributed by atoms with Crippen LogP contribution in [0, 0.1) is 0 Å². The van der Waals surface area contributed by atoms with Crippen LogP contribution in [0.3, 0.4) is 0 Å². The predicted octanol–water partition coefficient (Wildman–Crippen LogP) is -1.14. The van der Waals surface area contributed by atoms with Gasteiger partial charge < -0.3 is 31.9 Å². The lowest BCUT2D eigenvalue weighted by atomic mass is 10.1. The van der Waals surface area contributed by atoms with Gasteiger partial charge in [-0.15, -0.1) is 0 Å². The van der Waals surface area contributed by atoms with Crippen LogP contribution in [-0.2, 0) is 24.0 Å². The fourth-order valence-electron chi connectivity index (χ4n) is 2.22. The Kier molecular flexibility index (Phi) is 14.7. The smallest absolute Gasteiger partial charge is 0.326 e. The number of nitrogens with two attached hydrogens (primary N) is 1. The summed E-state index contributed by atoms with van der Waals surface area (Å²) in [5.41, 5.74) is 5.56. The van der Waals surface area contributed by atoms with Crippen molar-refractivity contribution in [3.63, 3.8) is 0 Å². The molecule has 3 unspecified atom stereocenters. The van der Waals surface area contributed by atoms with E-state index in [0.29, 0.717) is 11.5 Å². The molecule has 13 heteroatoms. The monoisotopic (exact) mass is 466 g/mol. The second-order valence-corrected chi connectivity index (χ2v) is 8.31. The van der Waals surface area contributed by atoms with Crippen LogP contribution in [-0.4, -0.2) is 88.6 Å².